The van der Waals surface area contributed by atoms with Gasteiger partial charge in [0.25, 0.3) is 0 Å². The van der Waals surface area contributed by atoms with E-state index in [1.54, 1.807) is 18.2 Å². The maximum Gasteiger partial charge on any atom is 0.250 e. The molecule has 2 N–H and O–H groups in total. The van der Waals surface area contributed by atoms with E-state index in [-0.39, 0.29) is 29.7 Å². The van der Waals surface area contributed by atoms with Crippen LogP contribution in [0.25, 0.3) is 0 Å². The lowest BCUT2D eigenvalue weighted by Crippen LogP contribution is -2.54. The molecule has 8 heteroatoms. The average molecular weight is 433 g/mol. The van der Waals surface area contributed by atoms with Gasteiger partial charge in [-0.3, -0.25) is 19.7 Å². The summed E-state index contributed by atoms with van der Waals surface area (Å²) in [6.07, 6.45) is 0. The van der Waals surface area contributed by atoms with Crippen molar-refractivity contribution in [2.45, 2.75) is 25.4 Å². The summed E-state index contributed by atoms with van der Waals surface area (Å²) in [7, 11) is 0. The second kappa shape index (κ2) is 6.56. The quantitative estimate of drug-likeness (QED) is 0.704. The van der Waals surface area contributed by atoms with E-state index < -0.39 is 17.4 Å². The van der Waals surface area contributed by atoms with E-state index in [0.29, 0.717) is 41.7 Å². The lowest BCUT2D eigenvalue weighted by atomic mass is 9.76. The van der Waals surface area contributed by atoms with Crippen molar-refractivity contribution in [1.29, 1.82) is 0 Å². The molecule has 0 radical (unpaired) electrons. The minimum absolute atomic E-state index is 0.0411. The molecule has 8 nitrogen and oxygen atoms in total. The van der Waals surface area contributed by atoms with Crippen molar-refractivity contribution in [3.05, 3.63) is 48.0 Å². The first-order valence-electron chi connectivity index (χ1n) is 10.9. The van der Waals surface area contributed by atoms with E-state index in [4.69, 9.17) is 9.47 Å². The lowest BCUT2D eigenvalue weighted by molar-refractivity contribution is -0.130. The fraction of sp³-hybridized carbons (Fsp3) is 0.375. The fourth-order valence-corrected chi connectivity index (χ4v) is 5.69. The Balaban J connectivity index is 1.49. The van der Waals surface area contributed by atoms with Crippen LogP contribution in [-0.4, -0.2) is 37.0 Å². The number of carbonyl (C=O) groups is 3. The molecule has 2 fully saturated rings. The Morgan fingerprint density at radius 3 is 2.53 bits per heavy atom. The molecule has 1 spiro atoms. The van der Waals surface area contributed by atoms with E-state index in [1.807, 2.05) is 38.1 Å². The number of nitrogens with zero attached hydrogens (tertiary/aromatic N) is 1. The number of para-hydroxylation sites is 1. The third-order valence-corrected chi connectivity index (χ3v) is 7.06. The molecule has 6 rings (SSSR count). The zero-order chi connectivity index (χ0) is 22.2. The Hall–Kier alpha value is -3.39. The average Bonchev–Trinajstić information content (AvgIpc) is 3.38. The molecule has 4 atom stereocenters. The van der Waals surface area contributed by atoms with E-state index >= 15 is 0 Å². The fourth-order valence-electron chi connectivity index (χ4n) is 5.69. The highest BCUT2D eigenvalue weighted by atomic mass is 16.6. The van der Waals surface area contributed by atoms with Gasteiger partial charge in [-0.15, -0.1) is 0 Å². The molecule has 4 heterocycles. The molecule has 4 aliphatic rings. The number of ether oxygens (including phenoxy) is 2. The highest BCUT2D eigenvalue weighted by Crippen LogP contribution is 2.54. The molecule has 164 valence electrons. The largest absolute Gasteiger partial charge is 0.486 e. The van der Waals surface area contributed by atoms with Crippen molar-refractivity contribution in [2.24, 2.45) is 17.8 Å². The summed E-state index contributed by atoms with van der Waals surface area (Å²) in [5, 5.41) is 6.34. The van der Waals surface area contributed by atoms with Gasteiger partial charge in [-0.05, 0) is 24.1 Å². The summed E-state index contributed by atoms with van der Waals surface area (Å²) in [5.74, 6) is -1.31. The van der Waals surface area contributed by atoms with E-state index in [2.05, 4.69) is 10.6 Å². The van der Waals surface area contributed by atoms with Gasteiger partial charge in [-0.2, -0.15) is 0 Å². The van der Waals surface area contributed by atoms with Crippen LogP contribution in [0.2, 0.25) is 0 Å². The zero-order valence-corrected chi connectivity index (χ0v) is 17.8. The summed E-state index contributed by atoms with van der Waals surface area (Å²) >= 11 is 0. The number of amides is 3. The lowest BCUT2D eigenvalue weighted by Gasteiger charge is -2.30. The normalized spacial score (nSPS) is 30.2. The highest BCUT2D eigenvalue weighted by molar-refractivity contribution is 6.25. The van der Waals surface area contributed by atoms with Gasteiger partial charge in [0, 0.05) is 23.4 Å². The predicted octanol–water partition coefficient (Wildman–Crippen LogP) is 2.04. The third kappa shape index (κ3) is 2.33. The summed E-state index contributed by atoms with van der Waals surface area (Å²) in [6.45, 7) is 4.86. The van der Waals surface area contributed by atoms with Crippen LogP contribution >= 0.6 is 0 Å². The molecule has 2 aromatic rings. The number of anilines is 2. The van der Waals surface area contributed by atoms with Crippen LogP contribution in [0.5, 0.6) is 11.5 Å². The monoisotopic (exact) mass is 433 g/mol. The van der Waals surface area contributed by atoms with Gasteiger partial charge in [0.2, 0.25) is 17.7 Å². The number of hydrogen-bond donors (Lipinski definition) is 2. The van der Waals surface area contributed by atoms with Gasteiger partial charge >= 0.3 is 0 Å². The number of benzene rings is 2. The first-order valence-corrected chi connectivity index (χ1v) is 10.9. The molecule has 32 heavy (non-hydrogen) atoms. The van der Waals surface area contributed by atoms with Crippen molar-refractivity contribution in [1.82, 2.24) is 5.32 Å². The minimum atomic E-state index is -1.27. The maximum absolute atomic E-state index is 13.9. The van der Waals surface area contributed by atoms with Crippen molar-refractivity contribution < 1.29 is 23.9 Å². The van der Waals surface area contributed by atoms with Crippen LogP contribution in [0, 0.1) is 17.8 Å². The Bertz CT molecular complexity index is 1180. The van der Waals surface area contributed by atoms with Crippen LogP contribution in [0.15, 0.2) is 42.5 Å². The van der Waals surface area contributed by atoms with Gasteiger partial charge in [-0.1, -0.05) is 32.0 Å². The minimum Gasteiger partial charge on any atom is -0.486 e. The molecular weight excluding hydrogens is 410 g/mol. The number of nitrogens with one attached hydrogen (secondary N) is 2. The van der Waals surface area contributed by atoms with Crippen LogP contribution < -0.4 is 25.0 Å². The van der Waals surface area contributed by atoms with Gasteiger partial charge in [0.1, 0.15) is 18.8 Å². The molecule has 3 amide bonds. The van der Waals surface area contributed by atoms with Gasteiger partial charge in [0.05, 0.1) is 17.5 Å². The van der Waals surface area contributed by atoms with Crippen LogP contribution in [0.4, 0.5) is 11.4 Å². The van der Waals surface area contributed by atoms with E-state index in [9.17, 15) is 14.4 Å². The molecular formula is C24H23N3O5. The topological polar surface area (TPSA) is 97.0 Å². The smallest absolute Gasteiger partial charge is 0.250 e. The molecule has 0 bridgehead atoms. The summed E-state index contributed by atoms with van der Waals surface area (Å²) in [4.78, 5) is 42.1. The van der Waals surface area contributed by atoms with E-state index in [0.717, 1.165) is 0 Å². The third-order valence-electron chi connectivity index (χ3n) is 7.06. The molecule has 0 aromatic heterocycles. The summed E-state index contributed by atoms with van der Waals surface area (Å²) in [6, 6.07) is 12.1. The first-order chi connectivity index (χ1) is 15.4. The zero-order valence-electron chi connectivity index (χ0n) is 17.8. The SMILES string of the molecule is CC(C)[C@@H]1N[C@]2(C(=O)Nc3ccccc32)[C@@H]2C(=O)N(c3ccc4c(c3)OCCO4)C(=O)[C@@H]21. The molecule has 0 saturated carbocycles. The van der Waals surface area contributed by atoms with Gasteiger partial charge < -0.3 is 14.8 Å². The standard InChI is InChI=1S/C24H23N3O5/c1-12(2)20-18-19(24(26-20)14-5-3-4-6-15(14)25-23(24)30)22(29)27(21(18)28)13-7-8-16-17(11-13)32-10-9-31-16/h3-8,11-12,18-20,26H,9-10H2,1-2H3,(H,25,30)/t18-,19-,20-,24-/m0/s1. The van der Waals surface area contributed by atoms with Crippen molar-refractivity contribution >= 4 is 29.1 Å². The Kier molecular flexibility index (Phi) is 3.96. The Morgan fingerprint density at radius 1 is 1.00 bits per heavy atom. The van der Waals surface area contributed by atoms with Crippen LogP contribution in [-0.2, 0) is 19.9 Å². The second-order valence-electron chi connectivity index (χ2n) is 9.07. The maximum atomic E-state index is 13.9. The van der Waals surface area contributed by atoms with Crippen molar-refractivity contribution in [3.8, 4) is 11.5 Å². The number of rotatable bonds is 2. The number of hydrogen-bond acceptors (Lipinski definition) is 6. The second-order valence-corrected chi connectivity index (χ2v) is 9.07. The number of fused-ring (bicyclic) bond motifs is 5. The van der Waals surface area contributed by atoms with Crippen LogP contribution in [0.3, 0.4) is 0 Å². The van der Waals surface area contributed by atoms with Gasteiger partial charge in [0.15, 0.2) is 11.5 Å². The Morgan fingerprint density at radius 2 is 1.75 bits per heavy atom. The van der Waals surface area contributed by atoms with Gasteiger partial charge in [-0.25, -0.2) is 4.90 Å². The van der Waals surface area contributed by atoms with Crippen molar-refractivity contribution in [3.63, 3.8) is 0 Å². The van der Waals surface area contributed by atoms with Crippen molar-refractivity contribution in [2.75, 3.05) is 23.4 Å². The highest BCUT2D eigenvalue weighted by Gasteiger charge is 2.70. The molecule has 0 aliphatic carbocycles. The van der Waals surface area contributed by atoms with Crippen LogP contribution in [0.1, 0.15) is 19.4 Å². The molecule has 2 aromatic carbocycles. The molecule has 0 unspecified atom stereocenters. The predicted molar refractivity (Wildman–Crippen MR) is 115 cm³/mol. The number of imide groups is 1. The Labute approximate surface area is 184 Å². The molecule has 2 saturated heterocycles. The summed E-state index contributed by atoms with van der Waals surface area (Å²) < 4.78 is 11.2. The summed E-state index contributed by atoms with van der Waals surface area (Å²) in [5.41, 5.74) is 0.549. The molecule has 4 aliphatic heterocycles. The van der Waals surface area contributed by atoms with E-state index in [1.165, 1.54) is 4.90 Å². The first kappa shape index (κ1) is 19.3. The number of carbonyl (C=O) groups excluding carboxylic acids is 3.